The van der Waals surface area contributed by atoms with Crippen LogP contribution in [0.15, 0.2) is 42.6 Å². The molecule has 4 heteroatoms. The van der Waals surface area contributed by atoms with Crippen LogP contribution >= 0.6 is 0 Å². The van der Waals surface area contributed by atoms with Gasteiger partial charge in [0.15, 0.2) is 0 Å². The standard InChI is InChI=1S/C15H16N2O2/c1-2-11-5-7-12(8-6-11)13(10-15(18)19)14-4-3-9-16-17-14/h3-9,13H,2,10H2,1H3,(H,18,19). The van der Waals surface area contributed by atoms with Gasteiger partial charge in [0.1, 0.15) is 0 Å². The lowest BCUT2D eigenvalue weighted by Gasteiger charge is -2.14. The SMILES string of the molecule is CCc1ccc(C(CC(=O)O)c2cccnn2)cc1. The van der Waals surface area contributed by atoms with Crippen LogP contribution in [0.3, 0.4) is 0 Å². The molecule has 0 amide bonds. The monoisotopic (exact) mass is 256 g/mol. The van der Waals surface area contributed by atoms with Crippen LogP contribution in [0.1, 0.15) is 36.1 Å². The first-order valence-corrected chi connectivity index (χ1v) is 6.29. The largest absolute Gasteiger partial charge is 0.481 e. The fraction of sp³-hybridized carbons (Fsp3) is 0.267. The van der Waals surface area contributed by atoms with E-state index in [-0.39, 0.29) is 12.3 Å². The van der Waals surface area contributed by atoms with Gasteiger partial charge in [-0.3, -0.25) is 4.79 Å². The molecule has 0 aliphatic carbocycles. The van der Waals surface area contributed by atoms with E-state index >= 15 is 0 Å². The third kappa shape index (κ3) is 3.37. The summed E-state index contributed by atoms with van der Waals surface area (Å²) in [6.07, 6.45) is 2.57. The number of aliphatic carboxylic acids is 1. The molecule has 0 aliphatic rings. The Bertz CT molecular complexity index is 538. The number of hydrogen-bond donors (Lipinski definition) is 1. The molecule has 0 radical (unpaired) electrons. The van der Waals surface area contributed by atoms with Gasteiger partial charge in [0.25, 0.3) is 0 Å². The zero-order chi connectivity index (χ0) is 13.7. The predicted octanol–water partition coefficient (Wildman–Crippen LogP) is 2.65. The number of rotatable bonds is 5. The van der Waals surface area contributed by atoms with Crippen molar-refractivity contribution in [1.29, 1.82) is 0 Å². The van der Waals surface area contributed by atoms with Gasteiger partial charge in [-0.1, -0.05) is 31.2 Å². The van der Waals surface area contributed by atoms with Crippen molar-refractivity contribution in [2.75, 3.05) is 0 Å². The molecule has 2 rings (SSSR count). The maximum Gasteiger partial charge on any atom is 0.304 e. The summed E-state index contributed by atoms with van der Waals surface area (Å²) in [7, 11) is 0. The number of benzene rings is 1. The van der Waals surface area contributed by atoms with Crippen molar-refractivity contribution in [2.45, 2.75) is 25.7 Å². The Morgan fingerprint density at radius 1 is 1.26 bits per heavy atom. The summed E-state index contributed by atoms with van der Waals surface area (Å²) < 4.78 is 0. The first-order valence-electron chi connectivity index (χ1n) is 6.29. The number of carbonyl (C=O) groups is 1. The van der Waals surface area contributed by atoms with Gasteiger partial charge in [0.2, 0.25) is 0 Å². The van der Waals surface area contributed by atoms with Gasteiger partial charge < -0.3 is 5.11 Å². The van der Waals surface area contributed by atoms with Crippen molar-refractivity contribution >= 4 is 5.97 Å². The molecular formula is C15H16N2O2. The number of aromatic nitrogens is 2. The van der Waals surface area contributed by atoms with E-state index in [9.17, 15) is 4.79 Å². The molecular weight excluding hydrogens is 240 g/mol. The lowest BCUT2D eigenvalue weighted by atomic mass is 9.91. The van der Waals surface area contributed by atoms with E-state index in [1.807, 2.05) is 30.3 Å². The molecule has 4 nitrogen and oxygen atoms in total. The van der Waals surface area contributed by atoms with Crippen LogP contribution in [0.25, 0.3) is 0 Å². The van der Waals surface area contributed by atoms with Crippen molar-refractivity contribution in [3.63, 3.8) is 0 Å². The van der Waals surface area contributed by atoms with E-state index in [1.54, 1.807) is 12.3 Å². The topological polar surface area (TPSA) is 63.1 Å². The Morgan fingerprint density at radius 2 is 2.00 bits per heavy atom. The van der Waals surface area contributed by atoms with E-state index in [2.05, 4.69) is 17.1 Å². The normalized spacial score (nSPS) is 12.1. The van der Waals surface area contributed by atoms with Crippen LogP contribution in [-0.2, 0) is 11.2 Å². The lowest BCUT2D eigenvalue weighted by molar-refractivity contribution is -0.137. The first-order chi connectivity index (χ1) is 9.20. The van der Waals surface area contributed by atoms with E-state index in [1.165, 1.54) is 5.56 Å². The van der Waals surface area contributed by atoms with E-state index in [0.29, 0.717) is 5.69 Å². The maximum atomic E-state index is 11.0. The molecule has 0 aliphatic heterocycles. The third-order valence-corrected chi connectivity index (χ3v) is 3.12. The fourth-order valence-corrected chi connectivity index (χ4v) is 2.05. The Balaban J connectivity index is 2.34. The van der Waals surface area contributed by atoms with Crippen molar-refractivity contribution in [3.05, 3.63) is 59.4 Å². The zero-order valence-corrected chi connectivity index (χ0v) is 10.8. The van der Waals surface area contributed by atoms with Gasteiger partial charge >= 0.3 is 5.97 Å². The van der Waals surface area contributed by atoms with Crippen LogP contribution in [0, 0.1) is 0 Å². The summed E-state index contributed by atoms with van der Waals surface area (Å²) in [6, 6.07) is 11.6. The molecule has 1 aromatic carbocycles. The molecule has 1 unspecified atom stereocenters. The predicted molar refractivity (Wildman–Crippen MR) is 71.9 cm³/mol. The van der Waals surface area contributed by atoms with Crippen molar-refractivity contribution < 1.29 is 9.90 Å². The smallest absolute Gasteiger partial charge is 0.304 e. The van der Waals surface area contributed by atoms with E-state index in [4.69, 9.17) is 5.11 Å². The minimum atomic E-state index is -0.838. The van der Waals surface area contributed by atoms with Gasteiger partial charge in [-0.15, -0.1) is 0 Å². The van der Waals surface area contributed by atoms with Gasteiger partial charge in [-0.2, -0.15) is 10.2 Å². The fourth-order valence-electron chi connectivity index (χ4n) is 2.05. The molecule has 0 spiro atoms. The molecule has 19 heavy (non-hydrogen) atoms. The Kier molecular flexibility index (Phi) is 4.23. The van der Waals surface area contributed by atoms with Crippen LogP contribution in [0.4, 0.5) is 0 Å². The average molecular weight is 256 g/mol. The molecule has 0 fully saturated rings. The Morgan fingerprint density at radius 3 is 2.53 bits per heavy atom. The minimum absolute atomic E-state index is 0.0180. The van der Waals surface area contributed by atoms with Gasteiger partial charge in [0.05, 0.1) is 12.1 Å². The molecule has 0 saturated heterocycles. The number of carboxylic acid groups (broad SMARTS) is 1. The average Bonchev–Trinajstić information content (AvgIpc) is 2.46. The van der Waals surface area contributed by atoms with Crippen LogP contribution in [0.2, 0.25) is 0 Å². The second-order valence-electron chi connectivity index (χ2n) is 4.39. The molecule has 98 valence electrons. The van der Waals surface area contributed by atoms with Gasteiger partial charge in [-0.05, 0) is 29.7 Å². The molecule has 1 aromatic heterocycles. The van der Waals surface area contributed by atoms with Gasteiger partial charge in [0, 0.05) is 12.1 Å². The summed E-state index contributed by atoms with van der Waals surface area (Å²) in [5.41, 5.74) is 2.88. The van der Waals surface area contributed by atoms with Crippen molar-refractivity contribution in [3.8, 4) is 0 Å². The molecule has 1 atom stereocenters. The summed E-state index contributed by atoms with van der Waals surface area (Å²) in [5, 5.41) is 16.9. The zero-order valence-electron chi connectivity index (χ0n) is 10.8. The number of carboxylic acids is 1. The molecule has 0 bridgehead atoms. The van der Waals surface area contributed by atoms with Crippen LogP contribution in [-0.4, -0.2) is 21.3 Å². The molecule has 0 saturated carbocycles. The Hall–Kier alpha value is -2.23. The number of hydrogen-bond acceptors (Lipinski definition) is 3. The second-order valence-corrected chi connectivity index (χ2v) is 4.39. The van der Waals surface area contributed by atoms with E-state index < -0.39 is 5.97 Å². The summed E-state index contributed by atoms with van der Waals surface area (Å²) in [4.78, 5) is 11.0. The summed E-state index contributed by atoms with van der Waals surface area (Å²) in [6.45, 7) is 2.09. The minimum Gasteiger partial charge on any atom is -0.481 e. The first kappa shape index (κ1) is 13.2. The third-order valence-electron chi connectivity index (χ3n) is 3.12. The summed E-state index contributed by atoms with van der Waals surface area (Å²) >= 11 is 0. The van der Waals surface area contributed by atoms with Gasteiger partial charge in [-0.25, -0.2) is 0 Å². The lowest BCUT2D eigenvalue weighted by Crippen LogP contribution is -2.10. The highest BCUT2D eigenvalue weighted by Gasteiger charge is 2.19. The number of aryl methyl sites for hydroxylation is 1. The quantitative estimate of drug-likeness (QED) is 0.893. The van der Waals surface area contributed by atoms with Crippen LogP contribution in [0.5, 0.6) is 0 Å². The highest BCUT2D eigenvalue weighted by Crippen LogP contribution is 2.26. The molecule has 2 aromatic rings. The second kappa shape index (κ2) is 6.09. The Labute approximate surface area is 112 Å². The highest BCUT2D eigenvalue weighted by atomic mass is 16.4. The summed E-state index contributed by atoms with van der Waals surface area (Å²) in [5.74, 6) is -1.09. The maximum absolute atomic E-state index is 11.0. The highest BCUT2D eigenvalue weighted by molar-refractivity contribution is 5.68. The number of nitrogens with zero attached hydrogens (tertiary/aromatic N) is 2. The molecule has 1 N–H and O–H groups in total. The van der Waals surface area contributed by atoms with Crippen molar-refractivity contribution in [1.82, 2.24) is 10.2 Å². The van der Waals surface area contributed by atoms with Crippen LogP contribution < -0.4 is 0 Å². The molecule has 1 heterocycles. The van der Waals surface area contributed by atoms with Crippen molar-refractivity contribution in [2.24, 2.45) is 0 Å². The van der Waals surface area contributed by atoms with E-state index in [0.717, 1.165) is 12.0 Å².